The first-order valence-electron chi connectivity index (χ1n) is 6.23. The van der Waals surface area contributed by atoms with Crippen LogP contribution in [0.2, 0.25) is 0 Å². The summed E-state index contributed by atoms with van der Waals surface area (Å²) in [5, 5.41) is 7.16. The molecule has 1 amide bonds. The van der Waals surface area contributed by atoms with Crippen molar-refractivity contribution in [3.63, 3.8) is 0 Å². The van der Waals surface area contributed by atoms with Gasteiger partial charge in [0.05, 0.1) is 6.20 Å². The van der Waals surface area contributed by atoms with Gasteiger partial charge in [0.2, 0.25) is 0 Å². The molecule has 1 aromatic rings. The van der Waals surface area contributed by atoms with Crippen LogP contribution < -0.4 is 5.32 Å². The number of carbonyl (C=O) groups excluding carboxylic acids is 1. The highest BCUT2D eigenvalue weighted by Gasteiger charge is 2.38. The van der Waals surface area contributed by atoms with Gasteiger partial charge in [-0.25, -0.2) is 0 Å². The Kier molecular flexibility index (Phi) is 2.63. The Labute approximate surface area is 100 Å². The molecule has 2 atom stereocenters. The van der Waals surface area contributed by atoms with Crippen LogP contribution in [-0.2, 0) is 0 Å². The summed E-state index contributed by atoms with van der Waals surface area (Å²) < 4.78 is 4.97. The predicted octanol–water partition coefficient (Wildman–Crippen LogP) is 0.950. The summed E-state index contributed by atoms with van der Waals surface area (Å²) in [7, 11) is 0. The van der Waals surface area contributed by atoms with Gasteiger partial charge in [0.15, 0.2) is 0 Å². The van der Waals surface area contributed by atoms with E-state index in [-0.39, 0.29) is 5.91 Å². The molecular formula is C12H17N3O2. The Balaban J connectivity index is 1.83. The Morgan fingerprint density at radius 1 is 1.59 bits per heavy atom. The maximum absolute atomic E-state index is 12.4. The van der Waals surface area contributed by atoms with Gasteiger partial charge in [0.1, 0.15) is 11.3 Å². The Morgan fingerprint density at radius 3 is 3.24 bits per heavy atom. The van der Waals surface area contributed by atoms with Crippen LogP contribution in [-0.4, -0.2) is 41.1 Å². The van der Waals surface area contributed by atoms with Gasteiger partial charge in [-0.05, 0) is 32.7 Å². The third-order valence-electron chi connectivity index (χ3n) is 3.87. The number of aromatic nitrogens is 1. The van der Waals surface area contributed by atoms with Crippen LogP contribution in [0.4, 0.5) is 0 Å². The lowest BCUT2D eigenvalue weighted by atomic mass is 9.96. The number of hydrogen-bond acceptors (Lipinski definition) is 4. The van der Waals surface area contributed by atoms with Crippen molar-refractivity contribution in [3.05, 3.63) is 17.5 Å². The molecule has 0 radical (unpaired) electrons. The third kappa shape index (κ3) is 1.74. The molecule has 0 aromatic carbocycles. The number of rotatable bonds is 1. The minimum absolute atomic E-state index is 0.0714. The monoisotopic (exact) mass is 235 g/mol. The van der Waals surface area contributed by atoms with E-state index in [9.17, 15) is 4.79 Å². The number of likely N-dealkylation sites (tertiary alicyclic amines) is 1. The normalized spacial score (nSPS) is 28.2. The van der Waals surface area contributed by atoms with Gasteiger partial charge in [0.25, 0.3) is 5.91 Å². The van der Waals surface area contributed by atoms with Gasteiger partial charge < -0.3 is 14.7 Å². The van der Waals surface area contributed by atoms with E-state index in [0.29, 0.717) is 23.4 Å². The smallest absolute Gasteiger partial charge is 0.259 e. The molecule has 2 saturated heterocycles. The summed E-state index contributed by atoms with van der Waals surface area (Å²) >= 11 is 0. The number of nitrogens with zero attached hydrogens (tertiary/aromatic N) is 2. The van der Waals surface area contributed by atoms with Crippen molar-refractivity contribution in [2.24, 2.45) is 0 Å². The first kappa shape index (κ1) is 10.8. The molecule has 1 N–H and O–H groups in total. The maximum Gasteiger partial charge on any atom is 0.259 e. The molecule has 1 aromatic heterocycles. The number of carbonyl (C=O) groups is 1. The van der Waals surface area contributed by atoms with Crippen LogP contribution in [0.5, 0.6) is 0 Å². The van der Waals surface area contributed by atoms with Crippen molar-refractivity contribution < 1.29 is 9.32 Å². The summed E-state index contributed by atoms with van der Waals surface area (Å²) in [6.45, 7) is 3.66. The van der Waals surface area contributed by atoms with Crippen LogP contribution in [0.1, 0.15) is 35.4 Å². The van der Waals surface area contributed by atoms with E-state index in [1.54, 1.807) is 6.92 Å². The summed E-state index contributed by atoms with van der Waals surface area (Å²) in [6, 6.07) is 0.832. The van der Waals surface area contributed by atoms with Crippen LogP contribution in [0, 0.1) is 6.92 Å². The Morgan fingerprint density at radius 2 is 2.47 bits per heavy atom. The number of nitrogens with one attached hydrogen (secondary N) is 1. The predicted molar refractivity (Wildman–Crippen MR) is 61.7 cm³/mol. The lowest BCUT2D eigenvalue weighted by Crippen LogP contribution is -2.51. The maximum atomic E-state index is 12.4. The molecule has 5 heteroatoms. The molecule has 0 bridgehead atoms. The number of amides is 1. The van der Waals surface area contributed by atoms with Crippen molar-refractivity contribution in [1.29, 1.82) is 0 Å². The average molecular weight is 235 g/mol. The van der Waals surface area contributed by atoms with Crippen LogP contribution in [0.15, 0.2) is 10.7 Å². The first-order chi connectivity index (χ1) is 8.27. The molecule has 0 aliphatic carbocycles. The van der Waals surface area contributed by atoms with Crippen molar-refractivity contribution in [3.8, 4) is 0 Å². The third-order valence-corrected chi connectivity index (χ3v) is 3.87. The highest BCUT2D eigenvalue weighted by molar-refractivity contribution is 5.95. The minimum Gasteiger partial charge on any atom is -0.361 e. The summed E-state index contributed by atoms with van der Waals surface area (Å²) in [6.07, 6.45) is 4.84. The molecule has 17 heavy (non-hydrogen) atoms. The van der Waals surface area contributed by atoms with Gasteiger partial charge in [-0.2, -0.15) is 0 Å². The zero-order chi connectivity index (χ0) is 11.8. The molecule has 92 valence electrons. The Bertz CT molecular complexity index is 429. The van der Waals surface area contributed by atoms with Crippen molar-refractivity contribution in [2.75, 3.05) is 13.1 Å². The molecule has 3 heterocycles. The highest BCUT2D eigenvalue weighted by atomic mass is 16.5. The standard InChI is InChI=1S/C12H17N3O2/c1-8-9(7-14-17-8)12(16)15-6-2-3-10-11(15)4-5-13-10/h7,10-11,13H,2-6H2,1H3. The molecule has 2 aliphatic rings. The first-order valence-corrected chi connectivity index (χ1v) is 6.23. The van der Waals surface area contributed by atoms with E-state index in [1.807, 2.05) is 4.90 Å². The lowest BCUT2D eigenvalue weighted by molar-refractivity contribution is 0.0598. The topological polar surface area (TPSA) is 58.4 Å². The van der Waals surface area contributed by atoms with E-state index < -0.39 is 0 Å². The fourth-order valence-corrected chi connectivity index (χ4v) is 2.98. The van der Waals surface area contributed by atoms with Crippen molar-refractivity contribution >= 4 is 5.91 Å². The molecule has 5 nitrogen and oxygen atoms in total. The molecule has 3 rings (SSSR count). The van der Waals surface area contributed by atoms with Gasteiger partial charge >= 0.3 is 0 Å². The van der Waals surface area contributed by atoms with Gasteiger partial charge in [0, 0.05) is 18.6 Å². The van der Waals surface area contributed by atoms with E-state index in [0.717, 1.165) is 25.9 Å². The van der Waals surface area contributed by atoms with Crippen LogP contribution in [0.3, 0.4) is 0 Å². The number of hydrogen-bond donors (Lipinski definition) is 1. The van der Waals surface area contributed by atoms with Crippen LogP contribution >= 0.6 is 0 Å². The zero-order valence-electron chi connectivity index (χ0n) is 9.98. The molecule has 2 unspecified atom stereocenters. The lowest BCUT2D eigenvalue weighted by Gasteiger charge is -2.37. The molecule has 2 aliphatic heterocycles. The zero-order valence-corrected chi connectivity index (χ0v) is 9.98. The minimum atomic E-state index is 0.0714. The summed E-state index contributed by atoms with van der Waals surface area (Å²) in [5.74, 6) is 0.685. The fraction of sp³-hybridized carbons (Fsp3) is 0.667. The van der Waals surface area contributed by atoms with Crippen molar-refractivity contribution in [1.82, 2.24) is 15.4 Å². The number of aryl methyl sites for hydroxylation is 1. The summed E-state index contributed by atoms with van der Waals surface area (Å²) in [5.41, 5.74) is 0.609. The van der Waals surface area contributed by atoms with Gasteiger partial charge in [-0.1, -0.05) is 5.16 Å². The quantitative estimate of drug-likeness (QED) is 0.787. The Hall–Kier alpha value is -1.36. The van der Waals surface area contributed by atoms with E-state index >= 15 is 0 Å². The van der Waals surface area contributed by atoms with Gasteiger partial charge in [-0.15, -0.1) is 0 Å². The second kappa shape index (κ2) is 4.14. The summed E-state index contributed by atoms with van der Waals surface area (Å²) in [4.78, 5) is 14.4. The SMILES string of the molecule is Cc1oncc1C(=O)N1CCCC2NCCC21. The molecule has 2 fully saturated rings. The van der Waals surface area contributed by atoms with Crippen molar-refractivity contribution in [2.45, 2.75) is 38.3 Å². The second-order valence-electron chi connectivity index (χ2n) is 4.85. The largest absolute Gasteiger partial charge is 0.361 e. The second-order valence-corrected chi connectivity index (χ2v) is 4.85. The molecular weight excluding hydrogens is 218 g/mol. The average Bonchev–Trinajstić information content (AvgIpc) is 2.95. The van der Waals surface area contributed by atoms with E-state index in [2.05, 4.69) is 10.5 Å². The fourth-order valence-electron chi connectivity index (χ4n) is 2.98. The number of fused-ring (bicyclic) bond motifs is 1. The van der Waals surface area contributed by atoms with Crippen LogP contribution in [0.25, 0.3) is 0 Å². The van der Waals surface area contributed by atoms with Gasteiger partial charge in [-0.3, -0.25) is 4.79 Å². The molecule has 0 saturated carbocycles. The molecule has 0 spiro atoms. The highest BCUT2D eigenvalue weighted by Crippen LogP contribution is 2.26. The van der Waals surface area contributed by atoms with E-state index in [1.165, 1.54) is 12.6 Å². The van der Waals surface area contributed by atoms with E-state index in [4.69, 9.17) is 4.52 Å². The number of piperidine rings is 1.